The van der Waals surface area contributed by atoms with Crippen molar-refractivity contribution in [2.45, 2.75) is 101 Å². The number of ether oxygens (including phenoxy) is 6. The van der Waals surface area contributed by atoms with E-state index in [4.69, 9.17) is 128 Å². The van der Waals surface area contributed by atoms with Gasteiger partial charge in [-0.2, -0.15) is 0 Å². The SMILES string of the molecule is COC(=O)CCCC(=O)CNC(=O)/C=C(\C)C[C@@H]1OC[C@H](C[C@@H]2O[C@H]2[C@@H](C)[C@H](C)OC(=O)C(Cl)(Cl)Cl)[C@@H](OC(=O)C(Cl)(Cl)Cl)[C@H]1OC(=O)C(Cl)(Cl)Cl. The Labute approximate surface area is 345 Å². The van der Waals surface area contributed by atoms with E-state index < -0.39 is 89.6 Å². The van der Waals surface area contributed by atoms with E-state index in [1.165, 1.54) is 13.2 Å². The number of Topliss-reactive ketones (excluding diaryl/α,β-unsaturated/α-hetero) is 1. The summed E-state index contributed by atoms with van der Waals surface area (Å²) >= 11 is 51.6. The zero-order chi connectivity index (χ0) is 39.8. The molecule has 22 heteroatoms. The van der Waals surface area contributed by atoms with Crippen molar-refractivity contribution >= 4 is 140 Å². The Kier molecular flexibility index (Phi) is 18.7. The third-order valence-electron chi connectivity index (χ3n) is 7.99. The van der Waals surface area contributed by atoms with Gasteiger partial charge in [0.2, 0.25) is 5.91 Å². The molecule has 2 heterocycles. The monoisotopic (exact) mass is 917 g/mol. The molecule has 0 radical (unpaired) electrons. The Balaban J connectivity index is 2.25. The van der Waals surface area contributed by atoms with Crippen molar-refractivity contribution in [2.24, 2.45) is 11.8 Å². The minimum atomic E-state index is -2.56. The zero-order valence-corrected chi connectivity index (χ0v) is 34.7. The fourth-order valence-corrected chi connectivity index (χ4v) is 5.56. The van der Waals surface area contributed by atoms with Crippen LogP contribution in [0.1, 0.15) is 52.9 Å². The van der Waals surface area contributed by atoms with Gasteiger partial charge in [-0.3, -0.25) is 14.4 Å². The van der Waals surface area contributed by atoms with Crippen LogP contribution in [0.15, 0.2) is 11.6 Å². The van der Waals surface area contributed by atoms with E-state index in [0.29, 0.717) is 5.57 Å². The van der Waals surface area contributed by atoms with Crippen LogP contribution in [0.5, 0.6) is 0 Å². The van der Waals surface area contributed by atoms with Gasteiger partial charge in [-0.25, -0.2) is 14.4 Å². The first-order chi connectivity index (χ1) is 23.8. The predicted molar refractivity (Wildman–Crippen MR) is 194 cm³/mol. The largest absolute Gasteiger partial charge is 0.469 e. The van der Waals surface area contributed by atoms with Crippen molar-refractivity contribution in [2.75, 3.05) is 20.3 Å². The average molecular weight is 922 g/mol. The molecule has 2 aliphatic rings. The summed E-state index contributed by atoms with van der Waals surface area (Å²) in [7, 11) is 1.24. The molecule has 0 spiro atoms. The van der Waals surface area contributed by atoms with Gasteiger partial charge in [0.15, 0.2) is 11.9 Å². The third kappa shape index (κ3) is 15.8. The lowest BCUT2D eigenvalue weighted by Gasteiger charge is -2.42. The van der Waals surface area contributed by atoms with Crippen LogP contribution in [0, 0.1) is 11.8 Å². The quantitative estimate of drug-likeness (QED) is 0.0628. The van der Waals surface area contributed by atoms with Crippen molar-refractivity contribution in [1.82, 2.24) is 5.32 Å². The highest BCUT2D eigenvalue weighted by Gasteiger charge is 2.54. The molecule has 2 saturated heterocycles. The fourth-order valence-electron chi connectivity index (χ4n) is 5.16. The summed E-state index contributed by atoms with van der Waals surface area (Å²) in [5.41, 5.74) is 0.387. The molecule has 52 heavy (non-hydrogen) atoms. The Morgan fingerprint density at radius 3 is 1.92 bits per heavy atom. The van der Waals surface area contributed by atoms with Crippen molar-refractivity contribution in [3.05, 3.63) is 11.6 Å². The molecule has 2 rings (SSSR count). The van der Waals surface area contributed by atoms with Gasteiger partial charge in [0.1, 0.15) is 18.3 Å². The maximum atomic E-state index is 12.9. The van der Waals surface area contributed by atoms with Crippen LogP contribution < -0.4 is 5.32 Å². The number of ketones is 1. The van der Waals surface area contributed by atoms with Crippen LogP contribution in [0.4, 0.5) is 0 Å². The number of epoxide rings is 1. The molecule has 1 N–H and O–H groups in total. The number of esters is 4. The van der Waals surface area contributed by atoms with E-state index in [2.05, 4.69) is 10.1 Å². The Morgan fingerprint density at radius 2 is 1.38 bits per heavy atom. The second-order valence-corrected chi connectivity index (χ2v) is 18.9. The minimum absolute atomic E-state index is 0.0501. The van der Waals surface area contributed by atoms with Crippen LogP contribution in [-0.2, 0) is 57.2 Å². The van der Waals surface area contributed by atoms with E-state index in [-0.39, 0.29) is 51.0 Å². The number of methoxy groups -OCH3 is 1. The minimum Gasteiger partial charge on any atom is -0.469 e. The van der Waals surface area contributed by atoms with Gasteiger partial charge < -0.3 is 33.7 Å². The van der Waals surface area contributed by atoms with Crippen molar-refractivity contribution in [3.63, 3.8) is 0 Å². The maximum absolute atomic E-state index is 12.9. The van der Waals surface area contributed by atoms with Gasteiger partial charge in [0.25, 0.3) is 11.4 Å². The third-order valence-corrected chi connectivity index (χ3v) is 9.38. The molecule has 0 aromatic rings. The van der Waals surface area contributed by atoms with Gasteiger partial charge in [0.05, 0.1) is 32.5 Å². The summed E-state index contributed by atoms with van der Waals surface area (Å²) in [6.45, 7) is 4.49. The topological polar surface area (TPSA) is 173 Å². The highest BCUT2D eigenvalue weighted by molar-refractivity contribution is 6.76. The fraction of sp³-hybridized carbons (Fsp3) is 0.733. The molecule has 2 aliphatic heterocycles. The highest BCUT2D eigenvalue weighted by Crippen LogP contribution is 2.42. The van der Waals surface area contributed by atoms with Gasteiger partial charge in [-0.1, -0.05) is 117 Å². The summed E-state index contributed by atoms with van der Waals surface area (Å²) in [5.74, 6) is -6.26. The highest BCUT2D eigenvalue weighted by atomic mass is 35.6. The molecule has 0 bridgehead atoms. The summed E-state index contributed by atoms with van der Waals surface area (Å²) in [5, 5.41) is 2.46. The number of amides is 1. The number of carbonyl (C=O) groups is 6. The van der Waals surface area contributed by atoms with E-state index >= 15 is 0 Å². The molecule has 2 fully saturated rings. The Bertz CT molecular complexity index is 1350. The van der Waals surface area contributed by atoms with Gasteiger partial charge in [0, 0.05) is 30.8 Å². The summed E-state index contributed by atoms with van der Waals surface area (Å²) in [6, 6.07) is 0. The number of hydrogen-bond acceptors (Lipinski definition) is 12. The zero-order valence-electron chi connectivity index (χ0n) is 27.9. The predicted octanol–water partition coefficient (Wildman–Crippen LogP) is 6.03. The molecule has 0 saturated carbocycles. The molecule has 8 atom stereocenters. The van der Waals surface area contributed by atoms with Crippen molar-refractivity contribution in [1.29, 1.82) is 0 Å². The number of halogens is 9. The van der Waals surface area contributed by atoms with E-state index in [0.717, 1.165) is 0 Å². The second kappa shape index (κ2) is 20.5. The summed E-state index contributed by atoms with van der Waals surface area (Å²) in [6.07, 6.45) is -4.03. The van der Waals surface area contributed by atoms with E-state index in [1.54, 1.807) is 20.8 Å². The molecular formula is C30H36Cl9NO12. The lowest BCUT2D eigenvalue weighted by molar-refractivity contribution is -0.208. The Morgan fingerprint density at radius 1 is 0.827 bits per heavy atom. The normalized spacial score (nSPS) is 24.9. The number of nitrogens with one attached hydrogen (secondary N) is 1. The lowest BCUT2D eigenvalue weighted by atomic mass is 9.85. The number of alkyl halides is 9. The standard InChI is InChI=1S/C30H36Cl9NO12/c1-13(9-20(42)40-11-17(41)6-5-7-21(43)47-4)8-18-24(52-27(46)30(37,38)39)23(51-26(45)29(34,35)36)16(12-48-18)10-19-22(50-19)14(2)15(3)49-25(44)28(31,32)33/h9,14-16,18-19,22-24H,5-8,10-12H2,1-4H3,(H,40,42)/b13-9+/t14-,15-,16-,18-,19-,22-,23+,24-/m0/s1. The van der Waals surface area contributed by atoms with Crippen LogP contribution in [0.25, 0.3) is 0 Å². The molecule has 0 unspecified atom stereocenters. The van der Waals surface area contributed by atoms with E-state index in [1.807, 2.05) is 0 Å². The molecule has 0 aromatic heterocycles. The molecule has 13 nitrogen and oxygen atoms in total. The summed E-state index contributed by atoms with van der Waals surface area (Å²) in [4.78, 5) is 73.7. The lowest BCUT2D eigenvalue weighted by Crippen LogP contribution is -2.55. The first kappa shape index (κ1) is 47.4. The van der Waals surface area contributed by atoms with Gasteiger partial charge >= 0.3 is 23.9 Å². The molecular weight excluding hydrogens is 885 g/mol. The average Bonchev–Trinajstić information content (AvgIpc) is 3.79. The maximum Gasteiger partial charge on any atom is 0.359 e. The number of carbonyl (C=O) groups excluding carboxylic acids is 6. The van der Waals surface area contributed by atoms with Crippen LogP contribution in [-0.4, -0.2) is 104 Å². The van der Waals surface area contributed by atoms with Crippen molar-refractivity contribution < 1.29 is 57.2 Å². The molecule has 0 aliphatic carbocycles. The van der Waals surface area contributed by atoms with Crippen LogP contribution >= 0.6 is 104 Å². The summed E-state index contributed by atoms with van der Waals surface area (Å²) < 4.78 is 25.5. The van der Waals surface area contributed by atoms with Crippen molar-refractivity contribution in [3.8, 4) is 0 Å². The van der Waals surface area contributed by atoms with Crippen LogP contribution in [0.2, 0.25) is 0 Å². The molecule has 0 aromatic carbocycles. The number of hydrogen-bond donors (Lipinski definition) is 1. The number of rotatable bonds is 16. The smallest absolute Gasteiger partial charge is 0.359 e. The van der Waals surface area contributed by atoms with Crippen LogP contribution in [0.3, 0.4) is 0 Å². The second-order valence-electron chi connectivity index (χ2n) is 12.1. The Hall–Kier alpha value is -0.710. The molecule has 296 valence electrons. The van der Waals surface area contributed by atoms with Gasteiger partial charge in [-0.05, 0) is 33.1 Å². The first-order valence-corrected chi connectivity index (χ1v) is 18.9. The first-order valence-electron chi connectivity index (χ1n) is 15.5. The molecule has 1 amide bonds. The van der Waals surface area contributed by atoms with E-state index in [9.17, 15) is 28.8 Å². The van der Waals surface area contributed by atoms with Gasteiger partial charge in [-0.15, -0.1) is 0 Å².